The zero-order valence-corrected chi connectivity index (χ0v) is 5.94. The summed E-state index contributed by atoms with van der Waals surface area (Å²) in [6.07, 6.45) is 0. The number of carbonyl (C=O) groups excluding carboxylic acids is 1. The van der Waals surface area contributed by atoms with Crippen LogP contribution in [0.5, 0.6) is 0 Å². The monoisotopic (exact) mass is 147 g/mol. The van der Waals surface area contributed by atoms with Crippen molar-refractivity contribution in [3.8, 4) is 0 Å². The molecule has 0 aliphatic rings. The second-order valence-electron chi connectivity index (χ2n) is 1.22. The Labute approximate surface area is 57.7 Å². The summed E-state index contributed by atoms with van der Waals surface area (Å²) >= 11 is 1.29. The number of urea groups is 1. The molecule has 0 radical (unpaired) electrons. The van der Waals surface area contributed by atoms with Crippen LogP contribution in [0.4, 0.5) is 4.79 Å². The van der Waals surface area contributed by atoms with Gasteiger partial charge in [-0.3, -0.25) is 0 Å². The highest BCUT2D eigenvalue weighted by molar-refractivity contribution is 8.13. The minimum absolute atomic E-state index is 0.227. The average molecular weight is 147 g/mol. The zero-order valence-electron chi connectivity index (χ0n) is 5.13. The van der Waals surface area contributed by atoms with Crippen LogP contribution >= 0.6 is 11.8 Å². The summed E-state index contributed by atoms with van der Waals surface area (Å²) in [5.74, 6) is 0.794. The summed E-state index contributed by atoms with van der Waals surface area (Å²) in [5, 5.41) is 0.227. The molecule has 0 saturated carbocycles. The molecule has 0 aliphatic heterocycles. The molecule has 2 amide bonds. The first-order valence-corrected chi connectivity index (χ1v) is 3.41. The summed E-state index contributed by atoms with van der Waals surface area (Å²) in [6.45, 7) is 1.91. The molecule has 0 bridgehead atoms. The van der Waals surface area contributed by atoms with E-state index in [-0.39, 0.29) is 5.17 Å². The van der Waals surface area contributed by atoms with Gasteiger partial charge >= 0.3 is 6.03 Å². The Kier molecular flexibility index (Phi) is 3.87. The van der Waals surface area contributed by atoms with Crippen molar-refractivity contribution >= 4 is 23.0 Å². The van der Waals surface area contributed by atoms with E-state index in [9.17, 15) is 4.79 Å². The quantitative estimate of drug-likeness (QED) is 0.408. The van der Waals surface area contributed by atoms with E-state index in [1.807, 2.05) is 6.92 Å². The number of nitrogens with zero attached hydrogens (tertiary/aromatic N) is 1. The van der Waals surface area contributed by atoms with Crippen molar-refractivity contribution in [1.29, 1.82) is 0 Å². The van der Waals surface area contributed by atoms with Gasteiger partial charge in [0.25, 0.3) is 0 Å². The molecule has 0 heterocycles. The van der Waals surface area contributed by atoms with Crippen LogP contribution in [-0.4, -0.2) is 17.0 Å². The highest BCUT2D eigenvalue weighted by atomic mass is 32.2. The topological polar surface area (TPSA) is 81.5 Å². The van der Waals surface area contributed by atoms with Crippen molar-refractivity contribution in [3.63, 3.8) is 0 Å². The van der Waals surface area contributed by atoms with E-state index < -0.39 is 6.03 Å². The number of primary amides is 1. The second-order valence-corrected chi connectivity index (χ2v) is 2.51. The van der Waals surface area contributed by atoms with E-state index in [4.69, 9.17) is 11.5 Å². The van der Waals surface area contributed by atoms with Gasteiger partial charge in [0, 0.05) is 0 Å². The Balaban J connectivity index is 3.69. The van der Waals surface area contributed by atoms with Crippen LogP contribution in [0.2, 0.25) is 0 Å². The van der Waals surface area contributed by atoms with Crippen LogP contribution in [-0.2, 0) is 0 Å². The van der Waals surface area contributed by atoms with Crippen molar-refractivity contribution in [2.75, 3.05) is 5.75 Å². The van der Waals surface area contributed by atoms with Gasteiger partial charge in [-0.25, -0.2) is 4.79 Å². The van der Waals surface area contributed by atoms with Crippen LogP contribution in [0.25, 0.3) is 0 Å². The minimum Gasteiger partial charge on any atom is -0.378 e. The number of aliphatic imine (C=N–C) groups is 1. The fourth-order valence-corrected chi connectivity index (χ4v) is 0.739. The average Bonchev–Trinajstić information content (AvgIpc) is 1.63. The smallest absolute Gasteiger partial charge is 0.340 e. The van der Waals surface area contributed by atoms with E-state index in [1.165, 1.54) is 11.8 Å². The van der Waals surface area contributed by atoms with Gasteiger partial charge in [-0.1, -0.05) is 18.7 Å². The molecular weight excluding hydrogens is 138 g/mol. The summed E-state index contributed by atoms with van der Waals surface area (Å²) in [4.78, 5) is 13.3. The molecule has 9 heavy (non-hydrogen) atoms. The molecule has 0 saturated heterocycles. The number of amides is 2. The molecule has 0 rings (SSSR count). The lowest BCUT2D eigenvalue weighted by Crippen LogP contribution is -2.13. The van der Waals surface area contributed by atoms with Gasteiger partial charge in [0.05, 0.1) is 0 Å². The van der Waals surface area contributed by atoms with Crippen molar-refractivity contribution < 1.29 is 4.79 Å². The highest BCUT2D eigenvalue weighted by Gasteiger charge is 1.91. The van der Waals surface area contributed by atoms with Gasteiger partial charge < -0.3 is 11.5 Å². The third kappa shape index (κ3) is 5.16. The molecular formula is C4H9N3OS. The van der Waals surface area contributed by atoms with Crippen LogP contribution in [0.15, 0.2) is 4.99 Å². The summed E-state index contributed by atoms with van der Waals surface area (Å²) < 4.78 is 0. The number of rotatable bonds is 1. The maximum absolute atomic E-state index is 10.0. The van der Waals surface area contributed by atoms with Gasteiger partial charge in [-0.15, -0.1) is 0 Å². The van der Waals surface area contributed by atoms with Crippen molar-refractivity contribution in [2.24, 2.45) is 16.5 Å². The number of thioether (sulfide) groups is 1. The summed E-state index contributed by atoms with van der Waals surface area (Å²) in [6, 6.07) is -0.742. The fraction of sp³-hybridized carbons (Fsp3) is 0.500. The maximum atomic E-state index is 10.0. The number of hydrogen-bond donors (Lipinski definition) is 2. The Morgan fingerprint density at radius 2 is 2.22 bits per heavy atom. The van der Waals surface area contributed by atoms with Gasteiger partial charge in [-0.05, 0) is 5.75 Å². The first-order valence-electron chi connectivity index (χ1n) is 2.43. The normalized spacial score (nSPS) is 11.4. The molecule has 52 valence electrons. The molecule has 0 aliphatic carbocycles. The molecule has 0 aromatic carbocycles. The Morgan fingerprint density at radius 3 is 2.56 bits per heavy atom. The second kappa shape index (κ2) is 4.20. The van der Waals surface area contributed by atoms with Crippen molar-refractivity contribution in [1.82, 2.24) is 0 Å². The fourth-order valence-electron chi connectivity index (χ4n) is 0.289. The van der Waals surface area contributed by atoms with E-state index in [0.717, 1.165) is 5.75 Å². The molecule has 4 nitrogen and oxygen atoms in total. The number of hydrogen-bond acceptors (Lipinski definition) is 2. The Hall–Kier alpha value is -0.710. The molecule has 0 atom stereocenters. The van der Waals surface area contributed by atoms with Gasteiger partial charge in [0.2, 0.25) is 0 Å². The zero-order chi connectivity index (χ0) is 7.28. The number of amidine groups is 1. The molecule has 0 unspecified atom stereocenters. The predicted molar refractivity (Wildman–Crippen MR) is 39.3 cm³/mol. The van der Waals surface area contributed by atoms with Gasteiger partial charge in [0.1, 0.15) is 0 Å². The highest BCUT2D eigenvalue weighted by Crippen LogP contribution is 1.96. The summed E-state index contributed by atoms with van der Waals surface area (Å²) in [5.41, 5.74) is 9.90. The van der Waals surface area contributed by atoms with E-state index >= 15 is 0 Å². The number of nitrogens with two attached hydrogens (primary N) is 2. The maximum Gasteiger partial charge on any atom is 0.340 e. The number of carbonyl (C=O) groups is 1. The summed E-state index contributed by atoms with van der Waals surface area (Å²) in [7, 11) is 0. The Bertz CT molecular complexity index is 134. The first-order chi connectivity index (χ1) is 4.16. The first kappa shape index (κ1) is 8.29. The van der Waals surface area contributed by atoms with Crippen LogP contribution in [0.1, 0.15) is 6.92 Å². The predicted octanol–water partition coefficient (Wildman–Crippen LogP) is 0.133. The molecule has 0 aromatic heterocycles. The van der Waals surface area contributed by atoms with Crippen LogP contribution in [0, 0.1) is 0 Å². The molecule has 5 heteroatoms. The van der Waals surface area contributed by atoms with Crippen LogP contribution < -0.4 is 11.5 Å². The minimum atomic E-state index is -0.742. The SMILES string of the molecule is CCS/C(N)=N/C(N)=O. The Morgan fingerprint density at radius 1 is 1.67 bits per heavy atom. The molecule has 0 aromatic rings. The lowest BCUT2D eigenvalue weighted by atomic mass is 11.0. The van der Waals surface area contributed by atoms with E-state index in [0.29, 0.717) is 0 Å². The van der Waals surface area contributed by atoms with Crippen molar-refractivity contribution in [3.05, 3.63) is 0 Å². The largest absolute Gasteiger partial charge is 0.378 e. The third-order valence-electron chi connectivity index (χ3n) is 0.513. The van der Waals surface area contributed by atoms with Gasteiger partial charge in [0.15, 0.2) is 5.17 Å². The molecule has 0 spiro atoms. The van der Waals surface area contributed by atoms with E-state index in [1.54, 1.807) is 0 Å². The van der Waals surface area contributed by atoms with Crippen LogP contribution in [0.3, 0.4) is 0 Å². The van der Waals surface area contributed by atoms with Crippen molar-refractivity contribution in [2.45, 2.75) is 6.92 Å². The van der Waals surface area contributed by atoms with E-state index in [2.05, 4.69) is 4.99 Å². The lowest BCUT2D eigenvalue weighted by Gasteiger charge is -1.91. The lowest BCUT2D eigenvalue weighted by molar-refractivity contribution is 0.257. The van der Waals surface area contributed by atoms with Gasteiger partial charge in [-0.2, -0.15) is 4.99 Å². The standard InChI is InChI=1S/C4H9N3OS/c1-2-9-4(6)7-3(5)8/h2H2,1H3,(H4,5,6,7,8). The third-order valence-corrected chi connectivity index (χ3v) is 1.19. The molecule has 0 fully saturated rings. The molecule has 4 N–H and O–H groups in total.